The van der Waals surface area contributed by atoms with E-state index < -0.39 is 12.3 Å². The number of benzene rings is 2. The van der Waals surface area contributed by atoms with E-state index in [0.717, 1.165) is 11.1 Å². The average molecular weight is 272 g/mol. The maximum atomic E-state index is 10.9. The Balaban J connectivity index is 2.07. The van der Waals surface area contributed by atoms with Crippen LogP contribution in [0.25, 0.3) is 0 Å². The molecule has 104 valence electrons. The molecule has 0 aromatic heterocycles. The fourth-order valence-corrected chi connectivity index (χ4v) is 2.06. The first-order chi connectivity index (χ1) is 9.56. The monoisotopic (exact) mass is 272 g/mol. The first kappa shape index (κ1) is 14.2. The van der Waals surface area contributed by atoms with Crippen LogP contribution in [0, 0.1) is 0 Å². The van der Waals surface area contributed by atoms with Gasteiger partial charge in [0.25, 0.3) is 0 Å². The second-order valence-electron chi connectivity index (χ2n) is 4.62. The van der Waals surface area contributed by atoms with Crippen LogP contribution in [0.2, 0.25) is 0 Å². The normalized spacial score (nSPS) is 10.8. The molecule has 2 rings (SSSR count). The van der Waals surface area contributed by atoms with Gasteiger partial charge in [-0.15, -0.1) is 0 Å². The van der Waals surface area contributed by atoms with E-state index in [2.05, 4.69) is 0 Å². The van der Waals surface area contributed by atoms with Crippen molar-refractivity contribution in [2.45, 2.75) is 19.1 Å². The van der Waals surface area contributed by atoms with Crippen molar-refractivity contribution in [2.24, 2.45) is 0 Å². The summed E-state index contributed by atoms with van der Waals surface area (Å²) in [5.74, 6) is -0.933. The Labute approximate surface area is 116 Å². The minimum absolute atomic E-state index is 0.280. The Morgan fingerprint density at radius 3 is 2.15 bits per heavy atom. The van der Waals surface area contributed by atoms with E-state index in [1.807, 2.05) is 12.1 Å². The predicted molar refractivity (Wildman–Crippen MR) is 74.4 cm³/mol. The minimum atomic E-state index is -1.47. The molecule has 2 aromatic rings. The van der Waals surface area contributed by atoms with Crippen LogP contribution in [0.4, 0.5) is 0 Å². The average Bonchev–Trinajstić information content (AvgIpc) is 2.45. The van der Waals surface area contributed by atoms with E-state index in [-0.39, 0.29) is 5.56 Å². The summed E-state index contributed by atoms with van der Waals surface area (Å²) >= 11 is 0. The molecule has 0 heterocycles. The second-order valence-corrected chi connectivity index (χ2v) is 4.62. The van der Waals surface area contributed by atoms with Crippen molar-refractivity contribution in [3.63, 3.8) is 0 Å². The molecule has 4 heteroatoms. The van der Waals surface area contributed by atoms with Crippen LogP contribution in [-0.4, -0.2) is 21.3 Å². The summed E-state index contributed by atoms with van der Waals surface area (Å²) in [5.41, 5.74) is 2.67. The Hall–Kier alpha value is -2.17. The summed E-state index contributed by atoms with van der Waals surface area (Å²) < 4.78 is 0. The predicted octanol–water partition coefficient (Wildman–Crippen LogP) is 2.15. The van der Waals surface area contributed by atoms with Crippen LogP contribution >= 0.6 is 0 Å². The molecule has 0 aliphatic heterocycles. The highest BCUT2D eigenvalue weighted by atomic mass is 16.5. The van der Waals surface area contributed by atoms with E-state index in [1.54, 1.807) is 36.4 Å². The van der Waals surface area contributed by atoms with E-state index in [9.17, 15) is 4.79 Å². The number of aryl methyl sites for hydroxylation is 2. The number of carboxylic acids is 1. The van der Waals surface area contributed by atoms with Crippen LogP contribution in [0.3, 0.4) is 0 Å². The Kier molecular flexibility index (Phi) is 4.50. The summed E-state index contributed by atoms with van der Waals surface area (Å²) in [4.78, 5) is 10.9. The molecular formula is C16H16O4. The highest BCUT2D eigenvalue weighted by Gasteiger charge is 2.05. The van der Waals surface area contributed by atoms with Gasteiger partial charge in [0.2, 0.25) is 0 Å². The van der Waals surface area contributed by atoms with Crippen LogP contribution < -0.4 is 0 Å². The lowest BCUT2D eigenvalue weighted by atomic mass is 10.0. The van der Waals surface area contributed by atoms with Gasteiger partial charge in [-0.1, -0.05) is 36.4 Å². The first-order valence-electron chi connectivity index (χ1n) is 6.33. The first-order valence-corrected chi connectivity index (χ1v) is 6.33. The molecule has 0 fully saturated rings. The number of aliphatic hydroxyl groups excluding tert-OH is 1. The van der Waals surface area contributed by atoms with Crippen molar-refractivity contribution < 1.29 is 20.1 Å². The van der Waals surface area contributed by atoms with Gasteiger partial charge in [0.1, 0.15) is 0 Å². The van der Waals surface area contributed by atoms with Gasteiger partial charge in [0.15, 0.2) is 6.29 Å². The molecule has 0 amide bonds. The third kappa shape index (κ3) is 3.66. The number of carbonyl (C=O) groups is 1. The van der Waals surface area contributed by atoms with Crippen molar-refractivity contribution >= 4 is 5.97 Å². The second kappa shape index (κ2) is 6.32. The van der Waals surface area contributed by atoms with Crippen LogP contribution in [0.5, 0.6) is 0 Å². The standard InChI is InChI=1S/C16H16O4/c17-15(18)13-5-1-3-11(9-13)7-8-12-4-2-6-14(10-12)16(19)20/h1-6,9-10,15,17-18H,7-8H2,(H,19,20). The largest absolute Gasteiger partial charge is 0.478 e. The third-order valence-electron chi connectivity index (χ3n) is 3.13. The number of hydrogen-bond donors (Lipinski definition) is 3. The SMILES string of the molecule is O=C(O)c1cccc(CCc2cccc(C(O)O)c2)c1. The number of aliphatic hydroxyl groups is 2. The number of aromatic carboxylic acids is 1. The molecule has 0 unspecified atom stereocenters. The van der Waals surface area contributed by atoms with Gasteiger partial charge in [-0.3, -0.25) is 0 Å². The molecule has 0 spiro atoms. The zero-order chi connectivity index (χ0) is 14.5. The lowest BCUT2D eigenvalue weighted by molar-refractivity contribution is -0.0425. The van der Waals surface area contributed by atoms with Gasteiger partial charge >= 0.3 is 5.97 Å². The summed E-state index contributed by atoms with van der Waals surface area (Å²) in [6, 6.07) is 13.9. The third-order valence-corrected chi connectivity index (χ3v) is 3.13. The fourth-order valence-electron chi connectivity index (χ4n) is 2.06. The summed E-state index contributed by atoms with van der Waals surface area (Å²) in [6.45, 7) is 0. The molecule has 0 saturated heterocycles. The van der Waals surface area contributed by atoms with E-state index in [4.69, 9.17) is 15.3 Å². The lowest BCUT2D eigenvalue weighted by Crippen LogP contribution is -1.99. The van der Waals surface area contributed by atoms with Gasteiger partial charge in [0, 0.05) is 5.56 Å². The molecule has 0 aliphatic rings. The summed E-state index contributed by atoms with van der Waals surface area (Å²) in [7, 11) is 0. The number of hydrogen-bond acceptors (Lipinski definition) is 3. The molecule has 2 aromatic carbocycles. The van der Waals surface area contributed by atoms with Crippen molar-refractivity contribution in [1.29, 1.82) is 0 Å². The van der Waals surface area contributed by atoms with Gasteiger partial charge in [0.05, 0.1) is 5.56 Å². The van der Waals surface area contributed by atoms with E-state index in [0.29, 0.717) is 18.4 Å². The number of rotatable bonds is 5. The highest BCUT2D eigenvalue weighted by Crippen LogP contribution is 2.14. The van der Waals surface area contributed by atoms with Crippen LogP contribution in [-0.2, 0) is 12.8 Å². The molecule has 0 aliphatic carbocycles. The van der Waals surface area contributed by atoms with Crippen molar-refractivity contribution in [3.05, 3.63) is 70.8 Å². The van der Waals surface area contributed by atoms with Crippen molar-refractivity contribution in [1.82, 2.24) is 0 Å². The fraction of sp³-hybridized carbons (Fsp3) is 0.188. The van der Waals surface area contributed by atoms with Crippen LogP contribution in [0.15, 0.2) is 48.5 Å². The summed E-state index contributed by atoms with van der Waals surface area (Å²) in [6.07, 6.45) is -0.0549. The molecule has 3 N–H and O–H groups in total. The Bertz CT molecular complexity index is 605. The Morgan fingerprint density at radius 2 is 1.55 bits per heavy atom. The van der Waals surface area contributed by atoms with Gasteiger partial charge in [-0.2, -0.15) is 0 Å². The van der Waals surface area contributed by atoms with Gasteiger partial charge in [-0.25, -0.2) is 4.79 Å². The topological polar surface area (TPSA) is 77.8 Å². The maximum absolute atomic E-state index is 10.9. The molecular weight excluding hydrogens is 256 g/mol. The zero-order valence-corrected chi connectivity index (χ0v) is 10.9. The quantitative estimate of drug-likeness (QED) is 0.729. The van der Waals surface area contributed by atoms with Gasteiger partial charge < -0.3 is 15.3 Å². The molecule has 0 atom stereocenters. The summed E-state index contributed by atoms with van der Waals surface area (Å²) in [5, 5.41) is 27.2. The highest BCUT2D eigenvalue weighted by molar-refractivity contribution is 5.87. The van der Waals surface area contributed by atoms with E-state index in [1.165, 1.54) is 0 Å². The van der Waals surface area contributed by atoms with Crippen molar-refractivity contribution in [2.75, 3.05) is 0 Å². The van der Waals surface area contributed by atoms with Gasteiger partial charge in [-0.05, 0) is 36.1 Å². The molecule has 0 bridgehead atoms. The smallest absolute Gasteiger partial charge is 0.335 e. The van der Waals surface area contributed by atoms with Crippen molar-refractivity contribution in [3.8, 4) is 0 Å². The molecule has 20 heavy (non-hydrogen) atoms. The Morgan fingerprint density at radius 1 is 0.950 bits per heavy atom. The molecule has 0 saturated carbocycles. The molecule has 0 radical (unpaired) electrons. The van der Waals surface area contributed by atoms with E-state index >= 15 is 0 Å². The lowest BCUT2D eigenvalue weighted by Gasteiger charge is -2.07. The number of carboxylic acid groups (broad SMARTS) is 1. The molecule has 4 nitrogen and oxygen atoms in total. The minimum Gasteiger partial charge on any atom is -0.478 e. The van der Waals surface area contributed by atoms with Crippen LogP contribution in [0.1, 0.15) is 33.3 Å². The maximum Gasteiger partial charge on any atom is 0.335 e. The zero-order valence-electron chi connectivity index (χ0n) is 10.9.